The van der Waals surface area contributed by atoms with Crippen molar-refractivity contribution < 1.29 is 0 Å². The van der Waals surface area contributed by atoms with Crippen molar-refractivity contribution in [1.82, 2.24) is 14.4 Å². The maximum atomic E-state index is 9.30. The van der Waals surface area contributed by atoms with Crippen LogP contribution in [0.1, 0.15) is 22.5 Å². The van der Waals surface area contributed by atoms with Crippen LogP contribution in [0.4, 0.5) is 0 Å². The van der Waals surface area contributed by atoms with Gasteiger partial charge < -0.3 is 4.40 Å². The molecular formula is C16H13BrN4S. The summed E-state index contributed by atoms with van der Waals surface area (Å²) < 4.78 is 3.00. The fourth-order valence-electron chi connectivity index (χ4n) is 2.27. The lowest BCUT2D eigenvalue weighted by Gasteiger charge is -2.06. The topological polar surface area (TPSA) is 54.0 Å². The highest BCUT2D eigenvalue weighted by Gasteiger charge is 2.10. The molecule has 6 heteroatoms. The van der Waals surface area contributed by atoms with Gasteiger partial charge in [-0.05, 0) is 53.5 Å². The number of thioether (sulfide) groups is 1. The van der Waals surface area contributed by atoms with E-state index in [-0.39, 0.29) is 0 Å². The van der Waals surface area contributed by atoms with E-state index in [2.05, 4.69) is 32.0 Å². The maximum Gasteiger partial charge on any atom is 0.137 e. The molecule has 0 N–H and O–H groups in total. The summed E-state index contributed by atoms with van der Waals surface area (Å²) in [4.78, 5) is 9.07. The van der Waals surface area contributed by atoms with Crippen LogP contribution in [0.3, 0.4) is 0 Å². The Morgan fingerprint density at radius 2 is 2.09 bits per heavy atom. The monoisotopic (exact) mass is 372 g/mol. The van der Waals surface area contributed by atoms with Gasteiger partial charge in [0.15, 0.2) is 0 Å². The Morgan fingerprint density at radius 1 is 1.27 bits per heavy atom. The van der Waals surface area contributed by atoms with Crippen molar-refractivity contribution >= 4 is 33.3 Å². The molecule has 0 aromatic carbocycles. The number of halogens is 1. The first kappa shape index (κ1) is 15.1. The minimum atomic E-state index is 0.655. The van der Waals surface area contributed by atoms with E-state index in [4.69, 9.17) is 0 Å². The van der Waals surface area contributed by atoms with E-state index in [0.717, 1.165) is 32.1 Å². The van der Waals surface area contributed by atoms with Gasteiger partial charge in [0.25, 0.3) is 0 Å². The maximum absolute atomic E-state index is 9.30. The summed E-state index contributed by atoms with van der Waals surface area (Å²) in [5.74, 6) is 0.684. The highest BCUT2D eigenvalue weighted by molar-refractivity contribution is 9.10. The van der Waals surface area contributed by atoms with Crippen molar-refractivity contribution in [2.75, 3.05) is 0 Å². The third kappa shape index (κ3) is 3.01. The number of fused-ring (bicyclic) bond motifs is 1. The van der Waals surface area contributed by atoms with Crippen molar-refractivity contribution in [3.05, 3.63) is 57.6 Å². The van der Waals surface area contributed by atoms with Crippen LogP contribution in [0.15, 0.2) is 40.1 Å². The lowest BCUT2D eigenvalue weighted by atomic mass is 10.1. The van der Waals surface area contributed by atoms with Gasteiger partial charge in [-0.2, -0.15) is 5.26 Å². The van der Waals surface area contributed by atoms with E-state index < -0.39 is 0 Å². The normalized spacial score (nSPS) is 10.8. The summed E-state index contributed by atoms with van der Waals surface area (Å²) in [6.45, 7) is 3.89. The predicted molar refractivity (Wildman–Crippen MR) is 90.9 cm³/mol. The minimum absolute atomic E-state index is 0.655. The van der Waals surface area contributed by atoms with Crippen LogP contribution in [-0.2, 0) is 5.75 Å². The van der Waals surface area contributed by atoms with Gasteiger partial charge in [-0.15, -0.1) is 0 Å². The van der Waals surface area contributed by atoms with Gasteiger partial charge in [-0.3, -0.25) is 0 Å². The van der Waals surface area contributed by atoms with Crippen LogP contribution < -0.4 is 0 Å². The van der Waals surface area contributed by atoms with Gasteiger partial charge in [0.05, 0.1) is 11.3 Å². The molecule has 0 amide bonds. The van der Waals surface area contributed by atoms with Gasteiger partial charge >= 0.3 is 0 Å². The van der Waals surface area contributed by atoms with E-state index in [1.54, 1.807) is 11.8 Å². The molecule has 0 saturated carbocycles. The Labute approximate surface area is 141 Å². The fourth-order valence-corrected chi connectivity index (χ4v) is 3.61. The molecule has 0 fully saturated rings. The standard InChI is InChI=1S/C16H13BrN4S/c1-10-5-11(2)19-16(14(10)6-18)22-9-13-8-21-7-12(17)3-4-15(21)20-13/h3-5,7-8H,9H2,1-2H3. The molecular weight excluding hydrogens is 360 g/mol. The van der Waals surface area contributed by atoms with Crippen molar-refractivity contribution in [3.8, 4) is 6.07 Å². The zero-order valence-electron chi connectivity index (χ0n) is 12.2. The van der Waals surface area contributed by atoms with Crippen LogP contribution in [0, 0.1) is 25.2 Å². The fraction of sp³-hybridized carbons (Fsp3) is 0.188. The van der Waals surface area contributed by atoms with E-state index in [0.29, 0.717) is 11.3 Å². The summed E-state index contributed by atoms with van der Waals surface area (Å²) in [6.07, 6.45) is 3.98. The number of imidazole rings is 1. The average Bonchev–Trinajstić information content (AvgIpc) is 2.86. The largest absolute Gasteiger partial charge is 0.306 e. The quantitative estimate of drug-likeness (QED) is 0.644. The Bertz CT molecular complexity index is 895. The Hall–Kier alpha value is -1.84. The van der Waals surface area contributed by atoms with Crippen LogP contribution in [0.25, 0.3) is 5.65 Å². The van der Waals surface area contributed by atoms with Crippen LogP contribution in [0.2, 0.25) is 0 Å². The zero-order chi connectivity index (χ0) is 15.7. The van der Waals surface area contributed by atoms with Gasteiger partial charge in [0, 0.05) is 28.3 Å². The Kier molecular flexibility index (Phi) is 4.19. The Balaban J connectivity index is 1.86. The number of nitrogens with zero attached hydrogens (tertiary/aromatic N) is 4. The highest BCUT2D eigenvalue weighted by Crippen LogP contribution is 2.26. The minimum Gasteiger partial charge on any atom is -0.306 e. The first-order valence-corrected chi connectivity index (χ1v) is 8.49. The third-order valence-corrected chi connectivity index (χ3v) is 4.72. The second-order valence-corrected chi connectivity index (χ2v) is 6.89. The Morgan fingerprint density at radius 3 is 2.86 bits per heavy atom. The third-order valence-electron chi connectivity index (χ3n) is 3.24. The summed E-state index contributed by atoms with van der Waals surface area (Å²) >= 11 is 5.00. The molecule has 3 heterocycles. The predicted octanol–water partition coefficient (Wildman–Crippen LogP) is 4.27. The molecule has 3 aromatic rings. The number of hydrogen-bond acceptors (Lipinski definition) is 4. The molecule has 3 rings (SSSR count). The molecule has 3 aromatic heterocycles. The average molecular weight is 373 g/mol. The van der Waals surface area contributed by atoms with Gasteiger partial charge in [-0.1, -0.05) is 11.8 Å². The summed E-state index contributed by atoms with van der Waals surface area (Å²) in [5, 5.41) is 10.1. The SMILES string of the molecule is Cc1cc(C)c(C#N)c(SCc2cn3cc(Br)ccc3n2)n1. The van der Waals surface area contributed by atoms with Crippen molar-refractivity contribution in [2.45, 2.75) is 24.6 Å². The van der Waals surface area contributed by atoms with Crippen LogP contribution in [0.5, 0.6) is 0 Å². The number of hydrogen-bond donors (Lipinski definition) is 0. The molecule has 0 bridgehead atoms. The summed E-state index contributed by atoms with van der Waals surface area (Å²) in [7, 11) is 0. The summed E-state index contributed by atoms with van der Waals surface area (Å²) in [6, 6.07) is 8.12. The number of aryl methyl sites for hydroxylation is 2. The summed E-state index contributed by atoms with van der Waals surface area (Å²) in [5.41, 5.74) is 4.43. The number of aromatic nitrogens is 3. The molecule has 0 atom stereocenters. The molecule has 0 aliphatic rings. The van der Waals surface area contributed by atoms with Crippen LogP contribution in [-0.4, -0.2) is 14.4 Å². The molecule has 0 aliphatic heterocycles. The second-order valence-electron chi connectivity index (χ2n) is 5.01. The number of pyridine rings is 2. The van der Waals surface area contributed by atoms with E-state index >= 15 is 0 Å². The molecule has 110 valence electrons. The van der Waals surface area contributed by atoms with Gasteiger partial charge in [0.1, 0.15) is 16.7 Å². The molecule has 22 heavy (non-hydrogen) atoms. The highest BCUT2D eigenvalue weighted by atomic mass is 79.9. The molecule has 0 unspecified atom stereocenters. The lowest BCUT2D eigenvalue weighted by molar-refractivity contribution is 1.03. The first-order valence-electron chi connectivity index (χ1n) is 6.71. The smallest absolute Gasteiger partial charge is 0.137 e. The van der Waals surface area contributed by atoms with Gasteiger partial charge in [0.2, 0.25) is 0 Å². The van der Waals surface area contributed by atoms with Crippen LogP contribution >= 0.6 is 27.7 Å². The van der Waals surface area contributed by atoms with Crippen molar-refractivity contribution in [1.29, 1.82) is 5.26 Å². The molecule has 0 saturated heterocycles. The van der Waals surface area contributed by atoms with E-state index in [9.17, 15) is 5.26 Å². The molecule has 0 spiro atoms. The lowest BCUT2D eigenvalue weighted by Crippen LogP contribution is -1.94. The zero-order valence-corrected chi connectivity index (χ0v) is 14.6. The number of nitriles is 1. The van der Waals surface area contributed by atoms with Crippen molar-refractivity contribution in [3.63, 3.8) is 0 Å². The first-order chi connectivity index (χ1) is 10.6. The molecule has 0 radical (unpaired) electrons. The van der Waals surface area contributed by atoms with Gasteiger partial charge in [-0.25, -0.2) is 9.97 Å². The second kappa shape index (κ2) is 6.11. The van der Waals surface area contributed by atoms with E-state index in [1.165, 1.54) is 0 Å². The van der Waals surface area contributed by atoms with E-state index in [1.807, 2.05) is 48.8 Å². The van der Waals surface area contributed by atoms with Crippen molar-refractivity contribution in [2.24, 2.45) is 0 Å². The molecule has 4 nitrogen and oxygen atoms in total. The molecule has 0 aliphatic carbocycles. The number of rotatable bonds is 3.